The molecule has 0 amide bonds. The number of rotatable bonds is 9. The van der Waals surface area contributed by atoms with Crippen molar-refractivity contribution < 1.29 is 19.4 Å². The van der Waals surface area contributed by atoms with E-state index in [9.17, 15) is 4.79 Å². The minimum Gasteiger partial charge on any atom is -0.497 e. The molecule has 2 heterocycles. The van der Waals surface area contributed by atoms with E-state index in [1.165, 1.54) is 17.7 Å². The van der Waals surface area contributed by atoms with Gasteiger partial charge in [0.15, 0.2) is 0 Å². The molecular formula is C29H26ClN3O4S. The fraction of sp³-hybridized carbons (Fsp3) is 0.138. The minimum atomic E-state index is -1.01. The molecule has 2 aromatic heterocycles. The lowest BCUT2D eigenvalue weighted by Crippen LogP contribution is -2.32. The highest BCUT2D eigenvalue weighted by atomic mass is 35.5. The summed E-state index contributed by atoms with van der Waals surface area (Å²) in [5.41, 5.74) is 12.5. The molecule has 0 fully saturated rings. The van der Waals surface area contributed by atoms with Gasteiger partial charge in [-0.3, -0.25) is 4.79 Å². The Hall–Kier alpha value is -3.98. The van der Waals surface area contributed by atoms with Crippen LogP contribution in [0.25, 0.3) is 32.5 Å². The highest BCUT2D eigenvalue weighted by Gasteiger charge is 2.15. The summed E-state index contributed by atoms with van der Waals surface area (Å²) in [6.07, 6.45) is 1.79. The number of aromatic nitrogens is 2. The number of halogens is 1. The number of nitrogens with zero attached hydrogens (tertiary/aromatic N) is 2. The van der Waals surface area contributed by atoms with Crippen molar-refractivity contribution in [3.8, 4) is 33.9 Å². The number of hydrogen-bond acceptors (Lipinski definition) is 7. The first-order chi connectivity index (χ1) is 18.0. The van der Waals surface area contributed by atoms with Gasteiger partial charge in [0.1, 0.15) is 29.4 Å². The second kappa shape index (κ2) is 12.0. The number of fused-ring (bicyclic) bond motifs is 1. The predicted octanol–water partition coefficient (Wildman–Crippen LogP) is 5.99. The highest BCUT2D eigenvalue weighted by molar-refractivity contribution is 7.18. The maximum absolute atomic E-state index is 11.0. The van der Waals surface area contributed by atoms with Gasteiger partial charge >= 0.3 is 5.97 Å². The summed E-state index contributed by atoms with van der Waals surface area (Å²) in [6.45, 7) is 0.385. The molecule has 38 heavy (non-hydrogen) atoms. The topological polar surface area (TPSA) is 108 Å². The SMILES string of the molecule is COc1cccc(-c2ccc(COc3ncnc4c(-c5ccc(C[C@H](N)C(=O)O)cc5)csc34)cc2)c1.Cl. The smallest absolute Gasteiger partial charge is 0.320 e. The quantitative estimate of drug-likeness (QED) is 0.233. The zero-order valence-corrected chi connectivity index (χ0v) is 22.2. The molecule has 0 saturated heterocycles. The average molecular weight is 548 g/mol. The molecule has 3 N–H and O–H groups in total. The van der Waals surface area contributed by atoms with E-state index >= 15 is 0 Å². The van der Waals surface area contributed by atoms with Crippen molar-refractivity contribution in [3.63, 3.8) is 0 Å². The summed E-state index contributed by atoms with van der Waals surface area (Å²) in [6, 6.07) is 23.0. The van der Waals surface area contributed by atoms with Crippen molar-refractivity contribution in [1.29, 1.82) is 0 Å². The van der Waals surface area contributed by atoms with E-state index < -0.39 is 12.0 Å². The number of carboxylic acids is 1. The number of nitrogens with two attached hydrogens (primary N) is 1. The van der Waals surface area contributed by atoms with Crippen molar-refractivity contribution in [2.24, 2.45) is 5.73 Å². The fourth-order valence-corrected chi connectivity index (χ4v) is 5.02. The molecule has 0 unspecified atom stereocenters. The van der Waals surface area contributed by atoms with Crippen molar-refractivity contribution in [2.45, 2.75) is 19.1 Å². The Kier molecular flexibility index (Phi) is 8.58. The van der Waals surface area contributed by atoms with Crippen molar-refractivity contribution >= 4 is 39.9 Å². The van der Waals surface area contributed by atoms with Crippen LogP contribution in [0, 0.1) is 0 Å². The van der Waals surface area contributed by atoms with Crippen molar-refractivity contribution in [2.75, 3.05) is 7.11 Å². The van der Waals surface area contributed by atoms with E-state index in [-0.39, 0.29) is 18.8 Å². The van der Waals surface area contributed by atoms with E-state index in [4.69, 9.17) is 20.3 Å². The van der Waals surface area contributed by atoms with Crippen LogP contribution in [0.5, 0.6) is 11.6 Å². The van der Waals surface area contributed by atoms with E-state index in [0.717, 1.165) is 49.3 Å². The third-order valence-corrected chi connectivity index (χ3v) is 7.05. The zero-order valence-electron chi connectivity index (χ0n) is 20.5. The van der Waals surface area contributed by atoms with Gasteiger partial charge in [-0.1, -0.05) is 60.7 Å². The van der Waals surface area contributed by atoms with Gasteiger partial charge in [0.05, 0.1) is 12.6 Å². The van der Waals surface area contributed by atoms with Crippen LogP contribution in [0.1, 0.15) is 11.1 Å². The average Bonchev–Trinajstić information content (AvgIpc) is 3.37. The maximum atomic E-state index is 11.0. The summed E-state index contributed by atoms with van der Waals surface area (Å²) in [5, 5.41) is 11.1. The minimum absolute atomic E-state index is 0. The van der Waals surface area contributed by atoms with Crippen LogP contribution in [-0.2, 0) is 17.8 Å². The molecule has 194 valence electrons. The second-order valence-corrected chi connectivity index (χ2v) is 9.45. The summed E-state index contributed by atoms with van der Waals surface area (Å²) < 4.78 is 12.3. The first-order valence-corrected chi connectivity index (χ1v) is 12.6. The van der Waals surface area contributed by atoms with Crippen LogP contribution in [0.3, 0.4) is 0 Å². The van der Waals surface area contributed by atoms with Gasteiger partial charge in [0.25, 0.3) is 0 Å². The number of thiophene rings is 1. The molecule has 7 nitrogen and oxygen atoms in total. The summed E-state index contributed by atoms with van der Waals surface area (Å²) in [5.74, 6) is 0.360. The lowest BCUT2D eigenvalue weighted by Gasteiger charge is -2.09. The van der Waals surface area contributed by atoms with Gasteiger partial charge in [0.2, 0.25) is 5.88 Å². The number of benzene rings is 3. The van der Waals surface area contributed by atoms with Crippen LogP contribution in [-0.4, -0.2) is 34.2 Å². The molecule has 1 atom stereocenters. The Balaban J connectivity index is 0.00000336. The van der Waals surface area contributed by atoms with Crippen LogP contribution >= 0.6 is 23.7 Å². The monoisotopic (exact) mass is 547 g/mol. The molecule has 0 aliphatic heterocycles. The molecule has 9 heteroatoms. The third kappa shape index (κ3) is 5.94. The van der Waals surface area contributed by atoms with E-state index in [0.29, 0.717) is 12.5 Å². The van der Waals surface area contributed by atoms with E-state index in [2.05, 4.69) is 28.2 Å². The van der Waals surface area contributed by atoms with Crippen molar-refractivity contribution in [1.82, 2.24) is 9.97 Å². The summed E-state index contributed by atoms with van der Waals surface area (Å²) in [7, 11) is 1.66. The lowest BCUT2D eigenvalue weighted by molar-refractivity contribution is -0.138. The summed E-state index contributed by atoms with van der Waals surface area (Å²) in [4.78, 5) is 19.9. The molecule has 0 radical (unpaired) electrons. The van der Waals surface area contributed by atoms with Gasteiger partial charge in [-0.15, -0.1) is 23.7 Å². The standard InChI is InChI=1S/C29H25N3O4S.ClH/c1-35-23-4-2-3-22(14-23)20-9-7-19(8-10-20)15-36-28-27-26(31-17-32-28)24(16-37-27)21-11-5-18(6-12-21)13-25(30)29(33)34;/h2-12,14,16-17,25H,13,15,30H2,1H3,(H,33,34);1H/t25-;/m0./s1. The Bertz CT molecular complexity index is 1540. The number of ether oxygens (including phenoxy) is 2. The molecule has 3 aromatic carbocycles. The number of carboxylic acid groups (broad SMARTS) is 1. The van der Waals surface area contributed by atoms with E-state index in [1.807, 2.05) is 60.0 Å². The molecular weight excluding hydrogens is 522 g/mol. The fourth-order valence-electron chi connectivity index (χ4n) is 4.05. The number of hydrogen-bond donors (Lipinski definition) is 2. The van der Waals surface area contributed by atoms with Crippen LogP contribution in [0.2, 0.25) is 0 Å². The largest absolute Gasteiger partial charge is 0.497 e. The predicted molar refractivity (Wildman–Crippen MR) is 152 cm³/mol. The summed E-state index contributed by atoms with van der Waals surface area (Å²) >= 11 is 1.53. The normalized spacial score (nSPS) is 11.5. The molecule has 0 aliphatic rings. The van der Waals surface area contributed by atoms with Gasteiger partial charge in [-0.2, -0.15) is 0 Å². The lowest BCUT2D eigenvalue weighted by atomic mass is 10.0. The highest BCUT2D eigenvalue weighted by Crippen LogP contribution is 2.37. The number of carbonyl (C=O) groups is 1. The van der Waals surface area contributed by atoms with Crippen LogP contribution in [0.15, 0.2) is 84.5 Å². The Morgan fingerprint density at radius 3 is 2.39 bits per heavy atom. The van der Waals surface area contributed by atoms with Crippen molar-refractivity contribution in [3.05, 3.63) is 95.6 Å². The molecule has 0 aliphatic carbocycles. The van der Waals surface area contributed by atoms with Gasteiger partial charge in [-0.25, -0.2) is 9.97 Å². The van der Waals surface area contributed by atoms with Gasteiger partial charge < -0.3 is 20.3 Å². The Morgan fingerprint density at radius 1 is 0.974 bits per heavy atom. The zero-order chi connectivity index (χ0) is 25.8. The van der Waals surface area contributed by atoms with Crippen LogP contribution in [0.4, 0.5) is 0 Å². The Morgan fingerprint density at radius 2 is 1.68 bits per heavy atom. The van der Waals surface area contributed by atoms with Gasteiger partial charge in [-0.05, 0) is 46.4 Å². The molecule has 0 bridgehead atoms. The molecule has 5 aromatic rings. The Labute approximate surface area is 230 Å². The molecule has 5 rings (SSSR count). The number of aliphatic carboxylic acids is 1. The maximum Gasteiger partial charge on any atom is 0.320 e. The van der Waals surface area contributed by atoms with Crippen LogP contribution < -0.4 is 15.2 Å². The third-order valence-electron chi connectivity index (χ3n) is 6.09. The first-order valence-electron chi connectivity index (χ1n) is 11.7. The second-order valence-electron chi connectivity index (χ2n) is 8.57. The molecule has 0 saturated carbocycles. The number of methoxy groups -OCH3 is 1. The van der Waals surface area contributed by atoms with Gasteiger partial charge in [0, 0.05) is 10.9 Å². The first kappa shape index (κ1) is 27.1. The van der Waals surface area contributed by atoms with E-state index in [1.54, 1.807) is 7.11 Å². The molecule has 0 spiro atoms.